The Morgan fingerprint density at radius 1 is 1.11 bits per heavy atom. The minimum atomic E-state index is 0.130. The molecule has 2 aromatic carbocycles. The van der Waals surface area contributed by atoms with Gasteiger partial charge in [-0.15, -0.1) is 0 Å². The molecule has 1 aliphatic rings. The second-order valence-electron chi connectivity index (χ2n) is 6.84. The third kappa shape index (κ3) is 4.52. The molecule has 0 atom stereocenters. The van der Waals surface area contributed by atoms with Crippen LogP contribution in [0.25, 0.3) is 10.9 Å². The molecule has 3 aromatic rings. The molecule has 0 amide bonds. The van der Waals surface area contributed by atoms with Crippen molar-refractivity contribution in [3.8, 4) is 11.6 Å². The number of fused-ring (bicyclic) bond motifs is 1. The van der Waals surface area contributed by atoms with Crippen molar-refractivity contribution in [1.29, 1.82) is 0 Å². The first-order chi connectivity index (χ1) is 13.8. The van der Waals surface area contributed by atoms with Crippen LogP contribution < -0.4 is 4.74 Å². The van der Waals surface area contributed by atoms with E-state index in [0.717, 1.165) is 61.6 Å². The Bertz CT molecular complexity index is 928. The second-order valence-corrected chi connectivity index (χ2v) is 6.84. The minimum Gasteiger partial charge on any atom is -0.494 e. The average Bonchev–Trinajstić information content (AvgIpc) is 3.06. The molecule has 1 saturated heterocycles. The predicted molar refractivity (Wildman–Crippen MR) is 111 cm³/mol. The van der Waals surface area contributed by atoms with Crippen molar-refractivity contribution in [2.45, 2.75) is 6.42 Å². The normalized spacial score (nSPS) is 15.4. The zero-order valence-electron chi connectivity index (χ0n) is 15.8. The average molecular weight is 379 g/mol. The fourth-order valence-corrected chi connectivity index (χ4v) is 3.35. The van der Waals surface area contributed by atoms with E-state index in [0.29, 0.717) is 12.2 Å². The van der Waals surface area contributed by atoms with Gasteiger partial charge in [0, 0.05) is 36.8 Å². The van der Waals surface area contributed by atoms with E-state index in [1.807, 2.05) is 48.5 Å². The lowest BCUT2D eigenvalue weighted by Gasteiger charge is -2.26. The van der Waals surface area contributed by atoms with Gasteiger partial charge in [-0.1, -0.05) is 18.2 Å². The topological polar surface area (TPSA) is 70.1 Å². The van der Waals surface area contributed by atoms with E-state index in [1.54, 1.807) is 6.21 Å². The number of nitrogens with zero attached hydrogens (tertiary/aromatic N) is 2. The summed E-state index contributed by atoms with van der Waals surface area (Å²) in [5.74, 6) is 0.973. The Hall–Kier alpha value is -2.83. The molecule has 0 unspecified atom stereocenters. The zero-order chi connectivity index (χ0) is 19.2. The number of aromatic hydroxyl groups is 1. The molecule has 0 bridgehead atoms. The summed E-state index contributed by atoms with van der Waals surface area (Å²) in [7, 11) is 0. The SMILES string of the molecule is Oc1[nH]c2ccccc2c1C=Nc1ccc(OCCCN2CCOCC2)cc1. The van der Waals surface area contributed by atoms with Gasteiger partial charge in [0.15, 0.2) is 5.88 Å². The number of benzene rings is 2. The Kier molecular flexibility index (Phi) is 5.89. The number of hydrogen-bond acceptors (Lipinski definition) is 5. The number of ether oxygens (including phenoxy) is 2. The van der Waals surface area contributed by atoms with Gasteiger partial charge in [0.05, 0.1) is 31.1 Å². The van der Waals surface area contributed by atoms with Crippen LogP contribution in [0.3, 0.4) is 0 Å². The number of aliphatic imine (C=N–C) groups is 1. The van der Waals surface area contributed by atoms with Crippen molar-refractivity contribution in [2.75, 3.05) is 39.5 Å². The van der Waals surface area contributed by atoms with Gasteiger partial charge in [-0.25, -0.2) is 0 Å². The molecule has 1 fully saturated rings. The predicted octanol–water partition coefficient (Wildman–Crippen LogP) is 3.73. The molecule has 2 N–H and O–H groups in total. The Morgan fingerprint density at radius 3 is 2.71 bits per heavy atom. The van der Waals surface area contributed by atoms with E-state index < -0.39 is 0 Å². The van der Waals surface area contributed by atoms with E-state index in [2.05, 4.69) is 14.9 Å². The lowest BCUT2D eigenvalue weighted by atomic mass is 10.2. The summed E-state index contributed by atoms with van der Waals surface area (Å²) >= 11 is 0. The molecular formula is C22H25N3O3. The minimum absolute atomic E-state index is 0.130. The quantitative estimate of drug-likeness (QED) is 0.485. The van der Waals surface area contributed by atoms with Crippen molar-refractivity contribution in [3.05, 3.63) is 54.1 Å². The maximum Gasteiger partial charge on any atom is 0.198 e. The molecule has 0 spiro atoms. The van der Waals surface area contributed by atoms with Crippen LogP contribution in [0.15, 0.2) is 53.5 Å². The lowest BCUT2D eigenvalue weighted by Crippen LogP contribution is -2.37. The van der Waals surface area contributed by atoms with Gasteiger partial charge < -0.3 is 19.6 Å². The number of nitrogens with one attached hydrogen (secondary N) is 1. The number of H-pyrrole nitrogens is 1. The first kappa shape index (κ1) is 18.5. The van der Waals surface area contributed by atoms with Gasteiger partial charge in [-0.2, -0.15) is 0 Å². The summed E-state index contributed by atoms with van der Waals surface area (Å²) in [5, 5.41) is 11.0. The van der Waals surface area contributed by atoms with Crippen molar-refractivity contribution >= 4 is 22.8 Å². The highest BCUT2D eigenvalue weighted by Gasteiger charge is 2.09. The molecule has 0 aliphatic carbocycles. The van der Waals surface area contributed by atoms with Gasteiger partial charge in [-0.3, -0.25) is 9.89 Å². The van der Waals surface area contributed by atoms with E-state index in [1.165, 1.54) is 0 Å². The molecule has 1 aliphatic heterocycles. The summed E-state index contributed by atoms with van der Waals surface area (Å²) in [4.78, 5) is 9.85. The van der Waals surface area contributed by atoms with Crippen LogP contribution in [0.4, 0.5) is 5.69 Å². The van der Waals surface area contributed by atoms with Crippen molar-refractivity contribution < 1.29 is 14.6 Å². The monoisotopic (exact) mass is 379 g/mol. The number of morpholine rings is 1. The maximum atomic E-state index is 10.1. The van der Waals surface area contributed by atoms with Crippen molar-refractivity contribution in [1.82, 2.24) is 9.88 Å². The van der Waals surface area contributed by atoms with Crippen LogP contribution >= 0.6 is 0 Å². The van der Waals surface area contributed by atoms with Gasteiger partial charge in [0.2, 0.25) is 0 Å². The summed E-state index contributed by atoms with van der Waals surface area (Å²) in [6, 6.07) is 15.4. The smallest absolute Gasteiger partial charge is 0.198 e. The molecule has 0 radical (unpaired) electrons. The van der Waals surface area contributed by atoms with Crippen LogP contribution in [-0.4, -0.2) is 60.7 Å². The molecule has 146 valence electrons. The lowest BCUT2D eigenvalue weighted by molar-refractivity contribution is 0.0358. The molecule has 28 heavy (non-hydrogen) atoms. The summed E-state index contributed by atoms with van der Waals surface area (Å²) in [6.45, 7) is 5.43. The van der Waals surface area contributed by atoms with Gasteiger partial charge in [-0.05, 0) is 36.8 Å². The fourth-order valence-electron chi connectivity index (χ4n) is 3.35. The molecule has 6 nitrogen and oxygen atoms in total. The number of aromatic nitrogens is 1. The molecule has 2 heterocycles. The van der Waals surface area contributed by atoms with E-state index >= 15 is 0 Å². The third-order valence-corrected chi connectivity index (χ3v) is 4.90. The Morgan fingerprint density at radius 2 is 1.89 bits per heavy atom. The van der Waals surface area contributed by atoms with E-state index in [4.69, 9.17) is 9.47 Å². The molecular weight excluding hydrogens is 354 g/mol. The molecule has 1 aromatic heterocycles. The van der Waals surface area contributed by atoms with Crippen molar-refractivity contribution in [2.24, 2.45) is 4.99 Å². The van der Waals surface area contributed by atoms with Crippen molar-refractivity contribution in [3.63, 3.8) is 0 Å². The second kappa shape index (κ2) is 8.91. The Balaban J connectivity index is 1.30. The third-order valence-electron chi connectivity index (χ3n) is 4.90. The van der Waals surface area contributed by atoms with Crippen LogP contribution in [0.2, 0.25) is 0 Å². The summed E-state index contributed by atoms with van der Waals surface area (Å²) in [5.41, 5.74) is 2.40. The zero-order valence-corrected chi connectivity index (χ0v) is 15.8. The van der Waals surface area contributed by atoms with E-state index in [9.17, 15) is 5.11 Å². The molecule has 0 saturated carbocycles. The van der Waals surface area contributed by atoms with Crippen LogP contribution in [0.5, 0.6) is 11.6 Å². The van der Waals surface area contributed by atoms with Gasteiger partial charge >= 0.3 is 0 Å². The maximum absolute atomic E-state index is 10.1. The van der Waals surface area contributed by atoms with Crippen LogP contribution in [0, 0.1) is 0 Å². The summed E-state index contributed by atoms with van der Waals surface area (Å²) < 4.78 is 11.2. The first-order valence-electron chi connectivity index (χ1n) is 9.66. The van der Waals surface area contributed by atoms with E-state index in [-0.39, 0.29) is 5.88 Å². The standard InChI is InChI=1S/C22H25N3O3/c26-22-20(19-4-1-2-5-21(19)24-22)16-23-17-6-8-18(9-7-17)28-13-3-10-25-11-14-27-15-12-25/h1-2,4-9,16,24,26H,3,10-15H2. The summed E-state index contributed by atoms with van der Waals surface area (Å²) in [6.07, 6.45) is 2.69. The van der Waals surface area contributed by atoms with Gasteiger partial charge in [0.1, 0.15) is 5.75 Å². The largest absolute Gasteiger partial charge is 0.494 e. The Labute approximate surface area is 164 Å². The highest BCUT2D eigenvalue weighted by Crippen LogP contribution is 2.26. The highest BCUT2D eigenvalue weighted by molar-refractivity contribution is 6.02. The van der Waals surface area contributed by atoms with Crippen LogP contribution in [0.1, 0.15) is 12.0 Å². The number of aromatic amines is 1. The molecule has 4 rings (SSSR count). The fraction of sp³-hybridized carbons (Fsp3) is 0.318. The molecule has 6 heteroatoms. The van der Waals surface area contributed by atoms with Gasteiger partial charge in [0.25, 0.3) is 0 Å². The first-order valence-corrected chi connectivity index (χ1v) is 9.66. The van der Waals surface area contributed by atoms with Crippen LogP contribution in [-0.2, 0) is 4.74 Å². The highest BCUT2D eigenvalue weighted by atomic mass is 16.5. The number of rotatable bonds is 7. The number of hydrogen-bond donors (Lipinski definition) is 2. The number of para-hydroxylation sites is 1.